The minimum absolute atomic E-state index is 0.00414. The second-order valence-electron chi connectivity index (χ2n) is 6.83. The molecule has 6 nitrogen and oxygen atoms in total. The molecule has 2 rings (SSSR count). The Morgan fingerprint density at radius 3 is 2.61 bits per heavy atom. The molecule has 1 aliphatic rings. The Morgan fingerprint density at radius 2 is 2.00 bits per heavy atom. The fraction of sp³-hybridized carbons (Fsp3) is 0.588. The van der Waals surface area contributed by atoms with Gasteiger partial charge in [0.05, 0.1) is 6.54 Å². The molecule has 2 N–H and O–H groups in total. The molecule has 1 aliphatic heterocycles. The van der Waals surface area contributed by atoms with Gasteiger partial charge in [0.1, 0.15) is 5.60 Å². The highest BCUT2D eigenvalue weighted by molar-refractivity contribution is 5.68. The van der Waals surface area contributed by atoms with Gasteiger partial charge in [0.15, 0.2) is 11.5 Å². The molecule has 0 saturated carbocycles. The van der Waals surface area contributed by atoms with Gasteiger partial charge in [-0.25, -0.2) is 4.79 Å². The highest BCUT2D eigenvalue weighted by atomic mass is 16.7. The zero-order valence-corrected chi connectivity index (χ0v) is 14.5. The SMILES string of the molecule is CC(Cc1ccc2c(c1)OC(CN)O2)N(C)C(=O)OC(C)(C)C. The smallest absolute Gasteiger partial charge is 0.410 e. The van der Waals surface area contributed by atoms with Crippen molar-refractivity contribution >= 4 is 6.09 Å². The van der Waals surface area contributed by atoms with Crippen LogP contribution in [-0.4, -0.2) is 42.5 Å². The van der Waals surface area contributed by atoms with Crippen molar-refractivity contribution in [3.05, 3.63) is 23.8 Å². The van der Waals surface area contributed by atoms with Crippen LogP contribution in [0, 0.1) is 0 Å². The summed E-state index contributed by atoms with van der Waals surface area (Å²) in [7, 11) is 1.75. The average Bonchev–Trinajstić information content (AvgIpc) is 2.86. The standard InChI is InChI=1S/C17H26N2O4/c1-11(19(5)16(20)23-17(2,3)4)8-12-6-7-13-14(9-12)22-15(10-18)21-13/h6-7,9,11,15H,8,10,18H2,1-5H3. The Hall–Kier alpha value is -1.95. The summed E-state index contributed by atoms with van der Waals surface area (Å²) in [6, 6.07) is 5.78. The van der Waals surface area contributed by atoms with Crippen LogP contribution >= 0.6 is 0 Å². The average molecular weight is 322 g/mol. The normalized spacial score (nSPS) is 17.7. The van der Waals surface area contributed by atoms with Crippen molar-refractivity contribution < 1.29 is 19.0 Å². The van der Waals surface area contributed by atoms with Crippen molar-refractivity contribution in [3.63, 3.8) is 0 Å². The number of amides is 1. The van der Waals surface area contributed by atoms with Crippen molar-refractivity contribution in [2.45, 2.75) is 52.0 Å². The van der Waals surface area contributed by atoms with Gasteiger partial charge in [0.2, 0.25) is 0 Å². The van der Waals surface area contributed by atoms with Gasteiger partial charge in [-0.15, -0.1) is 0 Å². The van der Waals surface area contributed by atoms with Crippen LogP contribution in [0.2, 0.25) is 0 Å². The van der Waals surface area contributed by atoms with Crippen molar-refractivity contribution in [1.82, 2.24) is 4.90 Å². The van der Waals surface area contributed by atoms with E-state index < -0.39 is 11.9 Å². The van der Waals surface area contributed by atoms with Crippen molar-refractivity contribution in [3.8, 4) is 11.5 Å². The predicted octanol–water partition coefficient (Wildman–Crippen LogP) is 2.54. The summed E-state index contributed by atoms with van der Waals surface area (Å²) in [6.07, 6.45) is -0.0456. The van der Waals surface area contributed by atoms with Gasteiger partial charge < -0.3 is 24.8 Å². The molecule has 23 heavy (non-hydrogen) atoms. The molecule has 128 valence electrons. The first kappa shape index (κ1) is 17.4. The number of hydrogen-bond acceptors (Lipinski definition) is 5. The van der Waals surface area contributed by atoms with E-state index in [9.17, 15) is 4.79 Å². The highest BCUT2D eigenvalue weighted by Crippen LogP contribution is 2.35. The molecule has 1 amide bonds. The van der Waals surface area contributed by atoms with E-state index in [1.54, 1.807) is 11.9 Å². The summed E-state index contributed by atoms with van der Waals surface area (Å²) < 4.78 is 16.5. The van der Waals surface area contributed by atoms with Crippen LogP contribution in [0.4, 0.5) is 4.79 Å². The number of hydrogen-bond donors (Lipinski definition) is 1. The van der Waals surface area contributed by atoms with Gasteiger partial charge in [-0.3, -0.25) is 0 Å². The van der Waals surface area contributed by atoms with Crippen LogP contribution in [0.3, 0.4) is 0 Å². The van der Waals surface area contributed by atoms with E-state index in [1.165, 1.54) is 0 Å². The Balaban J connectivity index is 1.98. The second kappa shape index (κ2) is 6.66. The first-order valence-corrected chi connectivity index (χ1v) is 7.81. The number of nitrogens with zero attached hydrogens (tertiary/aromatic N) is 1. The van der Waals surface area contributed by atoms with Crippen LogP contribution < -0.4 is 15.2 Å². The van der Waals surface area contributed by atoms with Crippen LogP contribution in [0.1, 0.15) is 33.3 Å². The lowest BCUT2D eigenvalue weighted by molar-refractivity contribution is 0.0236. The molecule has 1 heterocycles. The molecule has 0 aliphatic carbocycles. The van der Waals surface area contributed by atoms with E-state index in [-0.39, 0.29) is 12.1 Å². The van der Waals surface area contributed by atoms with E-state index in [1.807, 2.05) is 45.9 Å². The topological polar surface area (TPSA) is 74.0 Å². The van der Waals surface area contributed by atoms with E-state index in [0.29, 0.717) is 24.5 Å². The van der Waals surface area contributed by atoms with Crippen LogP contribution in [-0.2, 0) is 11.2 Å². The maximum atomic E-state index is 12.1. The summed E-state index contributed by atoms with van der Waals surface area (Å²) in [4.78, 5) is 13.7. The van der Waals surface area contributed by atoms with Gasteiger partial charge >= 0.3 is 6.09 Å². The fourth-order valence-corrected chi connectivity index (χ4v) is 2.26. The molecule has 2 atom stereocenters. The van der Waals surface area contributed by atoms with E-state index in [0.717, 1.165) is 5.56 Å². The molecule has 0 bridgehead atoms. The number of ether oxygens (including phenoxy) is 3. The van der Waals surface area contributed by atoms with Crippen molar-refractivity contribution in [2.24, 2.45) is 5.73 Å². The first-order valence-electron chi connectivity index (χ1n) is 7.81. The zero-order chi connectivity index (χ0) is 17.2. The molecule has 0 aromatic heterocycles. The molecular formula is C17H26N2O4. The zero-order valence-electron chi connectivity index (χ0n) is 14.5. The van der Waals surface area contributed by atoms with E-state index in [2.05, 4.69) is 0 Å². The van der Waals surface area contributed by atoms with Gasteiger partial charge in [-0.05, 0) is 51.8 Å². The minimum Gasteiger partial charge on any atom is -0.450 e. The molecule has 1 aromatic carbocycles. The lowest BCUT2D eigenvalue weighted by atomic mass is 10.1. The highest BCUT2D eigenvalue weighted by Gasteiger charge is 2.25. The summed E-state index contributed by atoms with van der Waals surface area (Å²) in [5.74, 6) is 1.41. The van der Waals surface area contributed by atoms with Crippen LogP contribution in [0.25, 0.3) is 0 Å². The Kier molecular flexibility index (Phi) is 5.04. The van der Waals surface area contributed by atoms with Crippen LogP contribution in [0.15, 0.2) is 18.2 Å². The number of benzene rings is 1. The van der Waals surface area contributed by atoms with E-state index in [4.69, 9.17) is 19.9 Å². The number of fused-ring (bicyclic) bond motifs is 1. The maximum Gasteiger partial charge on any atom is 0.410 e. The maximum absolute atomic E-state index is 12.1. The lowest BCUT2D eigenvalue weighted by Crippen LogP contribution is -2.40. The predicted molar refractivity (Wildman–Crippen MR) is 87.7 cm³/mol. The van der Waals surface area contributed by atoms with E-state index >= 15 is 0 Å². The molecule has 0 radical (unpaired) electrons. The fourth-order valence-electron chi connectivity index (χ4n) is 2.26. The summed E-state index contributed by atoms with van der Waals surface area (Å²) >= 11 is 0. The van der Waals surface area contributed by atoms with Crippen molar-refractivity contribution in [1.29, 1.82) is 0 Å². The Bertz CT molecular complexity index is 568. The lowest BCUT2D eigenvalue weighted by Gasteiger charge is -2.28. The number of carbonyl (C=O) groups excluding carboxylic acids is 1. The summed E-state index contributed by atoms with van der Waals surface area (Å²) in [6.45, 7) is 7.86. The molecule has 2 unspecified atom stereocenters. The second-order valence-corrected chi connectivity index (χ2v) is 6.83. The summed E-state index contributed by atoms with van der Waals surface area (Å²) in [5.41, 5.74) is 6.11. The molecule has 6 heteroatoms. The van der Waals surface area contributed by atoms with Gasteiger partial charge in [0, 0.05) is 13.1 Å². The molecule has 0 spiro atoms. The van der Waals surface area contributed by atoms with Crippen LogP contribution in [0.5, 0.6) is 11.5 Å². The third-order valence-corrected chi connectivity index (χ3v) is 3.59. The van der Waals surface area contributed by atoms with Gasteiger partial charge in [0.25, 0.3) is 6.29 Å². The quantitative estimate of drug-likeness (QED) is 0.922. The molecule has 0 saturated heterocycles. The third kappa shape index (κ3) is 4.51. The number of carbonyl (C=O) groups is 1. The largest absolute Gasteiger partial charge is 0.450 e. The van der Waals surface area contributed by atoms with Gasteiger partial charge in [-0.1, -0.05) is 6.07 Å². The minimum atomic E-state index is -0.499. The number of likely N-dealkylation sites (N-methyl/N-ethyl adjacent to an activating group) is 1. The number of rotatable bonds is 4. The Morgan fingerprint density at radius 1 is 1.35 bits per heavy atom. The Labute approximate surface area is 137 Å². The molecule has 1 aromatic rings. The summed E-state index contributed by atoms with van der Waals surface area (Å²) in [5, 5.41) is 0. The number of nitrogens with two attached hydrogens (primary N) is 1. The first-order chi connectivity index (χ1) is 10.7. The monoisotopic (exact) mass is 322 g/mol. The van der Waals surface area contributed by atoms with Gasteiger partial charge in [-0.2, -0.15) is 0 Å². The molecular weight excluding hydrogens is 296 g/mol. The third-order valence-electron chi connectivity index (χ3n) is 3.59. The van der Waals surface area contributed by atoms with Crippen molar-refractivity contribution in [2.75, 3.05) is 13.6 Å². The molecule has 0 fully saturated rings.